The summed E-state index contributed by atoms with van der Waals surface area (Å²) in [4.78, 5) is 12.2. The van der Waals surface area contributed by atoms with Crippen LogP contribution in [0.25, 0.3) is 0 Å². The van der Waals surface area contributed by atoms with Gasteiger partial charge < -0.3 is 4.74 Å². The smallest absolute Gasteiger partial charge is 0.309 e. The van der Waals surface area contributed by atoms with Gasteiger partial charge in [-0.15, -0.1) is 0 Å². The highest BCUT2D eigenvalue weighted by molar-refractivity contribution is 5.74. The minimum Gasteiger partial charge on any atom is -0.461 e. The Bertz CT molecular complexity index is 542. The Kier molecular flexibility index (Phi) is 3.78. The van der Waals surface area contributed by atoms with E-state index in [1.807, 2.05) is 12.2 Å². The molecule has 0 heterocycles. The Morgan fingerprint density at radius 1 is 1.35 bits per heavy atom. The third-order valence-electron chi connectivity index (χ3n) is 4.36. The number of fused-ring (bicyclic) bond motifs is 2. The lowest BCUT2D eigenvalue weighted by Crippen LogP contribution is -2.22. The monoisotopic (exact) mass is 268 g/mol. The maximum atomic E-state index is 12.2. The lowest BCUT2D eigenvalue weighted by atomic mass is 9.94. The van der Waals surface area contributed by atoms with Crippen molar-refractivity contribution in [3.63, 3.8) is 0 Å². The zero-order valence-corrected chi connectivity index (χ0v) is 11.8. The molecule has 0 aromatic rings. The average Bonchev–Trinajstić information content (AvgIpc) is 3.05. The highest BCUT2D eigenvalue weighted by Crippen LogP contribution is 2.43. The molecule has 0 aromatic heterocycles. The van der Waals surface area contributed by atoms with Crippen LogP contribution in [0.5, 0.6) is 0 Å². The Morgan fingerprint density at radius 2 is 2.25 bits per heavy atom. The number of hydrogen-bond acceptors (Lipinski definition) is 2. The lowest BCUT2D eigenvalue weighted by Gasteiger charge is -2.17. The van der Waals surface area contributed by atoms with E-state index in [-0.39, 0.29) is 17.8 Å². The fraction of sp³-hybridized carbons (Fsp3) is 0.500. The summed E-state index contributed by atoms with van der Waals surface area (Å²) in [6, 6.07) is 0. The number of ether oxygens (including phenoxy) is 1. The molecule has 0 spiro atoms. The summed E-state index contributed by atoms with van der Waals surface area (Å²) in [6.45, 7) is 2.45. The van der Waals surface area contributed by atoms with Gasteiger partial charge >= 0.3 is 5.97 Å². The molecule has 0 radical (unpaired) electrons. The van der Waals surface area contributed by atoms with Crippen LogP contribution in [0.2, 0.25) is 0 Å². The molecular weight excluding hydrogens is 248 g/mol. The second kappa shape index (κ2) is 5.71. The molecule has 3 aliphatic rings. The number of carbonyl (C=O) groups is 1. The van der Waals surface area contributed by atoms with Crippen molar-refractivity contribution >= 4 is 5.97 Å². The molecule has 2 heteroatoms. The molecule has 4 atom stereocenters. The number of rotatable bonds is 3. The van der Waals surface area contributed by atoms with Gasteiger partial charge in [-0.2, -0.15) is 0 Å². The molecule has 0 aliphatic heterocycles. The summed E-state index contributed by atoms with van der Waals surface area (Å²) in [6.07, 6.45) is 13.4. The van der Waals surface area contributed by atoms with Crippen LogP contribution in [0.15, 0.2) is 36.0 Å². The molecule has 1 fully saturated rings. The molecule has 2 nitrogen and oxygen atoms in total. The Labute approximate surface area is 120 Å². The first-order valence-corrected chi connectivity index (χ1v) is 7.43. The van der Waals surface area contributed by atoms with E-state index in [1.54, 1.807) is 0 Å². The van der Waals surface area contributed by atoms with Gasteiger partial charge in [0.05, 0.1) is 5.92 Å². The molecule has 2 bridgehead atoms. The van der Waals surface area contributed by atoms with Crippen molar-refractivity contribution in [3.05, 3.63) is 36.0 Å². The minimum atomic E-state index is -0.0302. The first-order chi connectivity index (χ1) is 9.72. The van der Waals surface area contributed by atoms with Crippen LogP contribution in [0.4, 0.5) is 0 Å². The molecule has 0 saturated heterocycles. The molecule has 1 saturated carbocycles. The van der Waals surface area contributed by atoms with Gasteiger partial charge in [0.1, 0.15) is 6.61 Å². The van der Waals surface area contributed by atoms with Gasteiger partial charge in [-0.1, -0.05) is 42.2 Å². The molecule has 0 aromatic carbocycles. The van der Waals surface area contributed by atoms with Crippen molar-refractivity contribution < 1.29 is 9.53 Å². The minimum absolute atomic E-state index is 0.0302. The van der Waals surface area contributed by atoms with Crippen molar-refractivity contribution in [1.82, 2.24) is 0 Å². The van der Waals surface area contributed by atoms with Gasteiger partial charge in [0, 0.05) is 12.3 Å². The van der Waals surface area contributed by atoms with Crippen LogP contribution in [0, 0.1) is 35.5 Å². The molecule has 3 rings (SSSR count). The van der Waals surface area contributed by atoms with Crippen molar-refractivity contribution in [2.24, 2.45) is 23.7 Å². The number of allylic oxidation sites excluding steroid dienone is 4. The van der Waals surface area contributed by atoms with Crippen molar-refractivity contribution in [2.45, 2.75) is 26.2 Å². The second-order valence-electron chi connectivity index (χ2n) is 5.95. The van der Waals surface area contributed by atoms with Crippen LogP contribution in [0.1, 0.15) is 26.2 Å². The third-order valence-corrected chi connectivity index (χ3v) is 4.36. The fourth-order valence-electron chi connectivity index (χ4n) is 3.21. The van der Waals surface area contributed by atoms with Gasteiger partial charge in [-0.3, -0.25) is 4.79 Å². The summed E-state index contributed by atoms with van der Waals surface area (Å²) < 4.78 is 5.51. The van der Waals surface area contributed by atoms with E-state index >= 15 is 0 Å². The second-order valence-corrected chi connectivity index (χ2v) is 5.95. The van der Waals surface area contributed by atoms with E-state index in [1.165, 1.54) is 0 Å². The topological polar surface area (TPSA) is 26.3 Å². The quantitative estimate of drug-likeness (QED) is 0.446. The van der Waals surface area contributed by atoms with E-state index in [2.05, 4.69) is 37.0 Å². The lowest BCUT2D eigenvalue weighted by molar-refractivity contribution is -0.148. The van der Waals surface area contributed by atoms with E-state index in [4.69, 9.17) is 4.74 Å². The maximum Gasteiger partial charge on any atom is 0.309 e. The average molecular weight is 268 g/mol. The zero-order valence-electron chi connectivity index (χ0n) is 11.8. The molecular formula is C18H20O2. The largest absolute Gasteiger partial charge is 0.461 e. The molecule has 0 amide bonds. The summed E-state index contributed by atoms with van der Waals surface area (Å²) in [7, 11) is 0. The Balaban J connectivity index is 1.55. The number of hydrogen-bond donors (Lipinski definition) is 0. The Hall–Kier alpha value is -1.75. The summed E-state index contributed by atoms with van der Waals surface area (Å²) in [5.74, 6) is 7.59. The highest BCUT2D eigenvalue weighted by atomic mass is 16.5. The van der Waals surface area contributed by atoms with Gasteiger partial charge in [0.25, 0.3) is 0 Å². The number of carbonyl (C=O) groups excluding carboxylic acids is 1. The van der Waals surface area contributed by atoms with Gasteiger partial charge in [0.2, 0.25) is 0 Å². The maximum absolute atomic E-state index is 12.2. The van der Waals surface area contributed by atoms with Crippen molar-refractivity contribution in [3.8, 4) is 11.8 Å². The van der Waals surface area contributed by atoms with E-state index < -0.39 is 0 Å². The summed E-state index contributed by atoms with van der Waals surface area (Å²) >= 11 is 0. The van der Waals surface area contributed by atoms with Crippen LogP contribution < -0.4 is 0 Å². The van der Waals surface area contributed by atoms with E-state index in [0.717, 1.165) is 24.8 Å². The first-order valence-electron chi connectivity index (χ1n) is 7.43. The third kappa shape index (κ3) is 2.88. The predicted molar refractivity (Wildman–Crippen MR) is 78.6 cm³/mol. The first kappa shape index (κ1) is 13.2. The Morgan fingerprint density at radius 3 is 3.00 bits per heavy atom. The van der Waals surface area contributed by atoms with Gasteiger partial charge in [-0.05, 0) is 37.2 Å². The van der Waals surface area contributed by atoms with Crippen LogP contribution in [-0.4, -0.2) is 12.6 Å². The highest BCUT2D eigenvalue weighted by Gasteiger charge is 2.40. The van der Waals surface area contributed by atoms with Crippen LogP contribution in [0.3, 0.4) is 0 Å². The van der Waals surface area contributed by atoms with Crippen molar-refractivity contribution in [2.75, 3.05) is 6.61 Å². The molecule has 0 N–H and O–H groups in total. The molecule has 4 unspecified atom stereocenters. The zero-order chi connectivity index (χ0) is 13.9. The fourth-order valence-corrected chi connectivity index (χ4v) is 3.21. The van der Waals surface area contributed by atoms with Gasteiger partial charge in [0.15, 0.2) is 0 Å². The van der Waals surface area contributed by atoms with Crippen LogP contribution >= 0.6 is 0 Å². The van der Waals surface area contributed by atoms with Crippen LogP contribution in [-0.2, 0) is 9.53 Å². The van der Waals surface area contributed by atoms with Crippen molar-refractivity contribution in [1.29, 1.82) is 0 Å². The molecule has 3 aliphatic carbocycles. The standard InChI is InChI=1S/C18H20O2/c1-13-4-2-3-5-14(7-6-13)12-20-18(19)17-11-15-8-9-16(17)10-15/h5-9,13,15-17H,3,10-12H2,1H3/b7-6-,14-5+. The SMILES string of the molecule is CC1C#CC/C=C(COC(=O)C2CC3C=CC2C3)\C=C/1. The number of esters is 1. The summed E-state index contributed by atoms with van der Waals surface area (Å²) in [5, 5.41) is 0. The summed E-state index contributed by atoms with van der Waals surface area (Å²) in [5.41, 5.74) is 1.05. The van der Waals surface area contributed by atoms with Gasteiger partial charge in [-0.25, -0.2) is 0 Å². The van der Waals surface area contributed by atoms with E-state index in [9.17, 15) is 4.79 Å². The molecule has 20 heavy (non-hydrogen) atoms. The van der Waals surface area contributed by atoms with E-state index in [0.29, 0.717) is 18.4 Å². The molecule has 104 valence electrons. The normalized spacial score (nSPS) is 38.1. The predicted octanol–water partition coefficient (Wildman–Crippen LogP) is 3.27.